The van der Waals surface area contributed by atoms with Crippen LogP contribution in [0.1, 0.15) is 27.9 Å². The second-order valence-electron chi connectivity index (χ2n) is 9.14. The summed E-state index contributed by atoms with van der Waals surface area (Å²) in [7, 11) is -0.672. The van der Waals surface area contributed by atoms with Crippen molar-refractivity contribution in [1.29, 1.82) is 0 Å². The monoisotopic (exact) mass is 532 g/mol. The molecule has 0 aliphatic heterocycles. The van der Waals surface area contributed by atoms with Gasteiger partial charge < -0.3 is 19.5 Å². The van der Waals surface area contributed by atoms with Crippen molar-refractivity contribution in [2.24, 2.45) is 0 Å². The first-order valence-corrected chi connectivity index (χ1v) is 13.6. The minimum absolute atomic E-state index is 0.109. The van der Waals surface area contributed by atoms with Gasteiger partial charge in [-0.15, -0.1) is 0 Å². The summed E-state index contributed by atoms with van der Waals surface area (Å²) in [5.74, 6) is 2.19. The van der Waals surface area contributed by atoms with Gasteiger partial charge in [0.25, 0.3) is 0 Å². The van der Waals surface area contributed by atoms with E-state index in [0.717, 1.165) is 27.9 Å². The van der Waals surface area contributed by atoms with Crippen LogP contribution in [0.2, 0.25) is 0 Å². The molecule has 0 aliphatic carbocycles. The Kier molecular flexibility index (Phi) is 7.92. The van der Waals surface area contributed by atoms with E-state index < -0.39 is 9.84 Å². The molecule has 1 aromatic heterocycles. The largest absolute Gasteiger partial charge is 0.497 e. The van der Waals surface area contributed by atoms with Crippen LogP contribution in [0.3, 0.4) is 0 Å². The number of nitrogens with zero attached hydrogens (tertiary/aromatic N) is 1. The summed E-state index contributed by atoms with van der Waals surface area (Å²) in [4.78, 5) is 4.80. The van der Waals surface area contributed by atoms with E-state index in [1.807, 2.05) is 45.9 Å². The van der Waals surface area contributed by atoms with Crippen LogP contribution >= 0.6 is 0 Å². The predicted octanol–water partition coefficient (Wildman–Crippen LogP) is 6.49. The molecule has 1 heterocycles. The van der Waals surface area contributed by atoms with Gasteiger partial charge in [-0.2, -0.15) is 0 Å². The number of rotatable bonds is 9. The van der Waals surface area contributed by atoms with Crippen LogP contribution in [0.5, 0.6) is 17.2 Å². The van der Waals surface area contributed by atoms with Crippen LogP contribution < -0.4 is 19.5 Å². The number of nitrogens with one attached hydrogen (secondary N) is 1. The molecule has 0 bridgehead atoms. The van der Waals surface area contributed by atoms with E-state index >= 15 is 0 Å². The molecule has 3 aromatic carbocycles. The van der Waals surface area contributed by atoms with Crippen LogP contribution in [0.15, 0.2) is 76.5 Å². The summed E-state index contributed by atoms with van der Waals surface area (Å²) in [5, 5.41) is 3.29. The second kappa shape index (κ2) is 11.1. The van der Waals surface area contributed by atoms with Gasteiger partial charge in [0.15, 0.2) is 0 Å². The maximum absolute atomic E-state index is 13.7. The molecule has 0 saturated heterocycles. The Morgan fingerprint density at radius 2 is 1.45 bits per heavy atom. The fourth-order valence-corrected chi connectivity index (χ4v) is 5.69. The highest BCUT2D eigenvalue weighted by atomic mass is 32.2. The molecule has 4 aromatic rings. The Labute approximate surface area is 224 Å². The zero-order valence-corrected chi connectivity index (χ0v) is 23.3. The normalized spacial score (nSPS) is 11.2. The van der Waals surface area contributed by atoms with Crippen LogP contribution in [-0.4, -0.2) is 27.6 Å². The van der Waals surface area contributed by atoms with Gasteiger partial charge >= 0.3 is 0 Å². The van der Waals surface area contributed by atoms with Crippen molar-refractivity contribution in [3.8, 4) is 17.2 Å². The first-order chi connectivity index (χ1) is 18.1. The number of ether oxygens (including phenoxy) is 3. The average Bonchev–Trinajstić information content (AvgIpc) is 2.89. The summed E-state index contributed by atoms with van der Waals surface area (Å²) in [5.41, 5.74) is 5.55. The fraction of sp³-hybridized carbons (Fsp3) is 0.233. The lowest BCUT2D eigenvalue weighted by atomic mass is 10.1. The standard InChI is InChI=1S/C30H32N2O5S/c1-19-15-20(2)29(21(3)16-19)32-30-28(14-7-22(4)31-30)38(33,34)26-11-8-24(9-12-26)37-18-23-17-25(35-5)10-13-27(23)36-6/h7-17H,18H2,1-6H3,(H,31,32). The minimum atomic E-state index is -3.86. The number of aromatic nitrogens is 1. The first kappa shape index (κ1) is 27.0. The van der Waals surface area contributed by atoms with Crippen molar-refractivity contribution in [3.05, 3.63) is 94.7 Å². The van der Waals surface area contributed by atoms with E-state index in [2.05, 4.69) is 22.4 Å². The van der Waals surface area contributed by atoms with Crippen LogP contribution in [-0.2, 0) is 16.4 Å². The predicted molar refractivity (Wildman–Crippen MR) is 149 cm³/mol. The molecule has 0 unspecified atom stereocenters. The molecule has 0 saturated carbocycles. The highest BCUT2D eigenvalue weighted by Crippen LogP contribution is 2.33. The Morgan fingerprint density at radius 1 is 0.789 bits per heavy atom. The smallest absolute Gasteiger partial charge is 0.210 e. The maximum atomic E-state index is 13.7. The molecule has 4 rings (SSSR count). The molecule has 7 nitrogen and oxygen atoms in total. The second-order valence-corrected chi connectivity index (χ2v) is 11.1. The lowest BCUT2D eigenvalue weighted by molar-refractivity contribution is 0.295. The highest BCUT2D eigenvalue weighted by molar-refractivity contribution is 7.91. The Balaban J connectivity index is 1.60. The molecule has 0 aliphatic rings. The molecule has 8 heteroatoms. The van der Waals surface area contributed by atoms with Gasteiger partial charge in [0.2, 0.25) is 9.84 Å². The van der Waals surface area contributed by atoms with Gasteiger partial charge in [0.05, 0.1) is 19.1 Å². The molecule has 198 valence electrons. The summed E-state index contributed by atoms with van der Waals surface area (Å²) in [6, 6.07) is 19.2. The molecule has 0 amide bonds. The topological polar surface area (TPSA) is 86.8 Å². The highest BCUT2D eigenvalue weighted by Gasteiger charge is 2.23. The lowest BCUT2D eigenvalue weighted by Crippen LogP contribution is -2.09. The third-order valence-electron chi connectivity index (χ3n) is 6.22. The quantitative estimate of drug-likeness (QED) is 0.264. The van der Waals surface area contributed by atoms with E-state index in [-0.39, 0.29) is 16.4 Å². The zero-order chi connectivity index (χ0) is 27.4. The SMILES string of the molecule is COc1ccc(OC)c(COc2ccc(S(=O)(=O)c3ccc(C)nc3Nc3c(C)cc(C)cc3C)cc2)c1. The number of benzene rings is 3. The number of aryl methyl sites for hydroxylation is 4. The Morgan fingerprint density at radius 3 is 2.08 bits per heavy atom. The van der Waals surface area contributed by atoms with Gasteiger partial charge in [-0.3, -0.25) is 0 Å². The number of hydrogen-bond donors (Lipinski definition) is 1. The zero-order valence-electron chi connectivity index (χ0n) is 22.5. The molecule has 0 spiro atoms. The molecule has 38 heavy (non-hydrogen) atoms. The summed E-state index contributed by atoms with van der Waals surface area (Å²) >= 11 is 0. The van der Waals surface area contributed by atoms with Crippen molar-refractivity contribution in [2.75, 3.05) is 19.5 Å². The van der Waals surface area contributed by atoms with Crippen molar-refractivity contribution >= 4 is 21.3 Å². The van der Waals surface area contributed by atoms with E-state index in [1.165, 1.54) is 0 Å². The summed E-state index contributed by atoms with van der Waals surface area (Å²) in [6.07, 6.45) is 0. The van der Waals surface area contributed by atoms with Crippen molar-refractivity contribution in [2.45, 2.75) is 44.1 Å². The molecule has 0 atom stereocenters. The first-order valence-electron chi connectivity index (χ1n) is 12.1. The Bertz CT molecular complexity index is 1540. The van der Waals surface area contributed by atoms with Crippen LogP contribution in [0.25, 0.3) is 0 Å². The molecule has 1 N–H and O–H groups in total. The maximum Gasteiger partial charge on any atom is 0.210 e. The minimum Gasteiger partial charge on any atom is -0.497 e. The number of sulfone groups is 1. The Hall–Kier alpha value is -4.04. The third kappa shape index (κ3) is 5.75. The van der Waals surface area contributed by atoms with E-state index in [9.17, 15) is 8.42 Å². The number of hydrogen-bond acceptors (Lipinski definition) is 7. The van der Waals surface area contributed by atoms with Gasteiger partial charge in [0.1, 0.15) is 34.6 Å². The van der Waals surface area contributed by atoms with E-state index in [0.29, 0.717) is 28.8 Å². The van der Waals surface area contributed by atoms with Gasteiger partial charge in [-0.1, -0.05) is 17.7 Å². The van der Waals surface area contributed by atoms with Gasteiger partial charge in [0, 0.05) is 16.9 Å². The van der Waals surface area contributed by atoms with Gasteiger partial charge in [-0.05, 0) is 93.4 Å². The van der Waals surface area contributed by atoms with Crippen molar-refractivity contribution in [3.63, 3.8) is 0 Å². The third-order valence-corrected chi connectivity index (χ3v) is 8.02. The summed E-state index contributed by atoms with van der Waals surface area (Å²) < 4.78 is 43.9. The van der Waals surface area contributed by atoms with Gasteiger partial charge in [-0.25, -0.2) is 13.4 Å². The number of methoxy groups -OCH3 is 2. The number of anilines is 2. The molecular weight excluding hydrogens is 500 g/mol. The molecule has 0 radical (unpaired) electrons. The molecular formula is C30H32N2O5S. The van der Waals surface area contributed by atoms with Crippen LogP contribution in [0.4, 0.5) is 11.5 Å². The summed E-state index contributed by atoms with van der Waals surface area (Å²) in [6.45, 7) is 8.08. The molecule has 0 fully saturated rings. The van der Waals surface area contributed by atoms with E-state index in [1.54, 1.807) is 50.6 Å². The van der Waals surface area contributed by atoms with Crippen molar-refractivity contribution < 1.29 is 22.6 Å². The fourth-order valence-electron chi connectivity index (χ4n) is 4.34. The lowest BCUT2D eigenvalue weighted by Gasteiger charge is -2.17. The van der Waals surface area contributed by atoms with E-state index in [4.69, 9.17) is 14.2 Å². The van der Waals surface area contributed by atoms with Crippen LogP contribution in [0, 0.1) is 27.7 Å². The van der Waals surface area contributed by atoms with Crippen molar-refractivity contribution in [1.82, 2.24) is 4.98 Å². The number of pyridine rings is 1. The average molecular weight is 533 g/mol.